The van der Waals surface area contributed by atoms with Gasteiger partial charge in [0.1, 0.15) is 0 Å². The van der Waals surface area contributed by atoms with E-state index in [1.807, 2.05) is 0 Å². The van der Waals surface area contributed by atoms with Gasteiger partial charge in [0.05, 0.1) is 18.4 Å². The van der Waals surface area contributed by atoms with Crippen molar-refractivity contribution >= 4 is 17.7 Å². The molecule has 0 saturated heterocycles. The Labute approximate surface area is 134 Å². The van der Waals surface area contributed by atoms with E-state index in [-0.39, 0.29) is 23.8 Å². The fourth-order valence-electron chi connectivity index (χ4n) is 1.75. The fraction of sp³-hybridized carbons (Fsp3) is 0.385. The summed E-state index contributed by atoms with van der Waals surface area (Å²) in [5.41, 5.74) is 4.98. The van der Waals surface area contributed by atoms with Gasteiger partial charge < -0.3 is 15.8 Å². The van der Waals surface area contributed by atoms with Crippen LogP contribution in [0.15, 0.2) is 6.20 Å². The lowest BCUT2D eigenvalue weighted by Gasteiger charge is -2.08. The zero-order chi connectivity index (χ0) is 17.7. The molecule has 0 fully saturated rings. The summed E-state index contributed by atoms with van der Waals surface area (Å²) in [7, 11) is 1.42. The van der Waals surface area contributed by atoms with Crippen LogP contribution in [0.1, 0.15) is 24.2 Å². The Morgan fingerprint density at radius 1 is 1.46 bits per heavy atom. The van der Waals surface area contributed by atoms with Crippen LogP contribution in [0.5, 0.6) is 0 Å². The highest BCUT2D eigenvalue weighted by Crippen LogP contribution is 2.27. The van der Waals surface area contributed by atoms with Crippen molar-refractivity contribution in [1.29, 1.82) is 0 Å². The molecular formula is C13H13F3N6O2. The van der Waals surface area contributed by atoms with Crippen molar-refractivity contribution in [2.24, 2.45) is 5.73 Å². The molecule has 11 heteroatoms. The number of halogens is 3. The third kappa shape index (κ3) is 4.03. The Bertz CT molecular complexity index is 806. The predicted molar refractivity (Wildman–Crippen MR) is 77.0 cm³/mol. The number of unbranched alkanes of at least 4 members (excludes halogenated alkanes) is 1. The van der Waals surface area contributed by atoms with E-state index in [4.69, 9.17) is 5.73 Å². The number of anilines is 1. The number of ether oxygens (including phenoxy) is 1. The van der Waals surface area contributed by atoms with Crippen molar-refractivity contribution in [3.63, 3.8) is 0 Å². The first kappa shape index (κ1) is 17.3. The van der Waals surface area contributed by atoms with Gasteiger partial charge in [-0.1, -0.05) is 11.8 Å². The van der Waals surface area contributed by atoms with Gasteiger partial charge in [-0.2, -0.15) is 27.8 Å². The maximum absolute atomic E-state index is 12.9. The van der Waals surface area contributed by atoms with Crippen molar-refractivity contribution in [2.45, 2.75) is 19.0 Å². The van der Waals surface area contributed by atoms with Gasteiger partial charge in [0, 0.05) is 13.5 Å². The number of carbonyl (C=O) groups excluding carboxylic acids is 1. The topological polar surface area (TPSA) is 107 Å². The Morgan fingerprint density at radius 2 is 2.21 bits per heavy atom. The lowest BCUT2D eigenvalue weighted by Crippen LogP contribution is -2.15. The molecule has 24 heavy (non-hydrogen) atoms. The van der Waals surface area contributed by atoms with Gasteiger partial charge in [0.15, 0.2) is 5.65 Å². The van der Waals surface area contributed by atoms with Crippen LogP contribution in [0.25, 0.3) is 5.65 Å². The quantitative estimate of drug-likeness (QED) is 0.643. The van der Waals surface area contributed by atoms with Gasteiger partial charge in [-0.3, -0.25) is 0 Å². The maximum Gasteiger partial charge on any atom is 0.451 e. The molecule has 0 atom stereocenters. The zero-order valence-corrected chi connectivity index (χ0v) is 12.5. The number of aromatic nitrogens is 4. The van der Waals surface area contributed by atoms with Crippen LogP contribution in [0, 0.1) is 11.8 Å². The number of rotatable bonds is 4. The van der Waals surface area contributed by atoms with Crippen LogP contribution >= 0.6 is 0 Å². The van der Waals surface area contributed by atoms with Crippen LogP contribution in [0.4, 0.5) is 23.9 Å². The number of amides is 1. The number of hydrogen-bond acceptors (Lipinski definition) is 6. The maximum atomic E-state index is 12.9. The van der Waals surface area contributed by atoms with Gasteiger partial charge in [0.25, 0.3) is 0 Å². The third-order valence-corrected chi connectivity index (χ3v) is 2.76. The van der Waals surface area contributed by atoms with Crippen molar-refractivity contribution in [3.8, 4) is 11.8 Å². The molecule has 0 radical (unpaired) electrons. The average Bonchev–Trinajstić information content (AvgIpc) is 2.92. The Balaban J connectivity index is 2.24. The highest BCUT2D eigenvalue weighted by molar-refractivity contribution is 5.64. The second-order valence-corrected chi connectivity index (χ2v) is 4.49. The Morgan fingerprint density at radius 3 is 2.83 bits per heavy atom. The van der Waals surface area contributed by atoms with E-state index < -0.39 is 18.1 Å². The predicted octanol–water partition coefficient (Wildman–Crippen LogP) is 1.41. The van der Waals surface area contributed by atoms with E-state index in [1.54, 1.807) is 0 Å². The molecule has 0 spiro atoms. The summed E-state index contributed by atoms with van der Waals surface area (Å²) in [5.74, 6) is 4.07. The van der Waals surface area contributed by atoms with E-state index in [9.17, 15) is 18.0 Å². The van der Waals surface area contributed by atoms with Crippen molar-refractivity contribution in [2.75, 3.05) is 19.0 Å². The summed E-state index contributed by atoms with van der Waals surface area (Å²) >= 11 is 0. The SMILES string of the molecule is CNc1nc(C(F)(F)F)nc2c(C#CCCCOC(N)=O)cnn12. The van der Waals surface area contributed by atoms with E-state index in [2.05, 4.69) is 37.0 Å². The molecule has 8 nitrogen and oxygen atoms in total. The highest BCUT2D eigenvalue weighted by atomic mass is 19.4. The minimum atomic E-state index is -4.69. The molecule has 0 aliphatic carbocycles. The zero-order valence-electron chi connectivity index (χ0n) is 12.5. The van der Waals surface area contributed by atoms with Crippen LogP contribution in [0.2, 0.25) is 0 Å². The number of carbonyl (C=O) groups is 1. The van der Waals surface area contributed by atoms with Crippen LogP contribution < -0.4 is 11.1 Å². The number of alkyl halides is 3. The molecular weight excluding hydrogens is 329 g/mol. The molecule has 2 rings (SSSR count). The summed E-state index contributed by atoms with van der Waals surface area (Å²) in [4.78, 5) is 17.3. The average molecular weight is 342 g/mol. The molecule has 1 amide bonds. The minimum absolute atomic E-state index is 0.0532. The van der Waals surface area contributed by atoms with E-state index >= 15 is 0 Å². The molecule has 3 N–H and O–H groups in total. The van der Waals surface area contributed by atoms with Crippen LogP contribution in [0.3, 0.4) is 0 Å². The van der Waals surface area contributed by atoms with Gasteiger partial charge in [-0.15, -0.1) is 0 Å². The fourth-order valence-corrected chi connectivity index (χ4v) is 1.75. The molecule has 128 valence electrons. The molecule has 2 aromatic heterocycles. The second kappa shape index (κ2) is 7.03. The first-order valence-corrected chi connectivity index (χ1v) is 6.74. The van der Waals surface area contributed by atoms with Crippen LogP contribution in [-0.2, 0) is 10.9 Å². The molecule has 0 unspecified atom stereocenters. The molecule has 0 saturated carbocycles. The summed E-state index contributed by atoms with van der Waals surface area (Å²) in [6, 6.07) is 0. The molecule has 0 aliphatic rings. The molecule has 2 aromatic rings. The minimum Gasteiger partial charge on any atom is -0.450 e. The van der Waals surface area contributed by atoms with Gasteiger partial charge >= 0.3 is 12.3 Å². The third-order valence-electron chi connectivity index (χ3n) is 2.76. The van der Waals surface area contributed by atoms with Gasteiger partial charge in [-0.05, 0) is 6.42 Å². The number of nitrogens with zero attached hydrogens (tertiary/aromatic N) is 4. The first-order valence-electron chi connectivity index (χ1n) is 6.74. The number of hydrogen-bond donors (Lipinski definition) is 2. The summed E-state index contributed by atoms with van der Waals surface area (Å²) < 4.78 is 44.2. The number of primary amides is 1. The van der Waals surface area contributed by atoms with Gasteiger partial charge in [-0.25, -0.2) is 9.78 Å². The Hall–Kier alpha value is -3.03. The van der Waals surface area contributed by atoms with Crippen molar-refractivity contribution < 1.29 is 22.7 Å². The van der Waals surface area contributed by atoms with E-state index in [1.165, 1.54) is 13.2 Å². The first-order chi connectivity index (χ1) is 11.3. The number of nitrogens with one attached hydrogen (secondary N) is 1. The van der Waals surface area contributed by atoms with Gasteiger partial charge in [0.2, 0.25) is 11.8 Å². The van der Waals surface area contributed by atoms with E-state index in [0.717, 1.165) is 4.52 Å². The largest absolute Gasteiger partial charge is 0.451 e. The summed E-state index contributed by atoms with van der Waals surface area (Å²) in [6.45, 7) is 0.114. The molecule has 0 aliphatic heterocycles. The smallest absolute Gasteiger partial charge is 0.450 e. The molecule has 2 heterocycles. The lowest BCUT2D eigenvalue weighted by molar-refractivity contribution is -0.144. The second-order valence-electron chi connectivity index (χ2n) is 4.49. The monoisotopic (exact) mass is 342 g/mol. The van der Waals surface area contributed by atoms with E-state index in [0.29, 0.717) is 12.8 Å². The molecule has 0 bridgehead atoms. The summed E-state index contributed by atoms with van der Waals surface area (Å²) in [6.07, 6.45) is -3.45. The standard InChI is InChI=1S/C13H13F3N6O2/c1-18-12-21-10(13(14,15)16)20-9-8(7-19-22(9)12)5-3-2-4-6-24-11(17)23/h7H,2,4,6H2,1H3,(H2,17,23)(H,18,20,21). The number of fused-ring (bicyclic) bond motifs is 1. The number of nitrogens with two attached hydrogens (primary N) is 1. The highest BCUT2D eigenvalue weighted by Gasteiger charge is 2.36. The summed E-state index contributed by atoms with van der Waals surface area (Å²) in [5, 5.41) is 6.46. The lowest BCUT2D eigenvalue weighted by atomic mass is 10.3. The van der Waals surface area contributed by atoms with Crippen molar-refractivity contribution in [3.05, 3.63) is 17.6 Å². The normalized spacial score (nSPS) is 11.0. The van der Waals surface area contributed by atoms with Crippen LogP contribution in [-0.4, -0.2) is 39.3 Å². The molecule has 0 aromatic carbocycles. The Kier molecular flexibility index (Phi) is 5.08. The van der Waals surface area contributed by atoms with Crippen molar-refractivity contribution in [1.82, 2.24) is 19.6 Å².